The number of benzene rings is 2. The number of hydrogen-bond donors (Lipinski definition) is 0. The third-order valence-corrected chi connectivity index (χ3v) is 6.65. The quantitative estimate of drug-likeness (QED) is 0.410. The number of halogens is 2. The van der Waals surface area contributed by atoms with Crippen molar-refractivity contribution in [2.75, 3.05) is 0 Å². The van der Waals surface area contributed by atoms with Crippen molar-refractivity contribution < 1.29 is 0 Å². The smallest absolute Gasteiger partial charge is 0.204 e. The Labute approximate surface area is 136 Å². The van der Waals surface area contributed by atoms with Crippen LogP contribution in [0.1, 0.15) is 13.8 Å². The Morgan fingerprint density at radius 2 is 1.43 bits per heavy atom. The van der Waals surface area contributed by atoms with E-state index >= 15 is 0 Å². The summed E-state index contributed by atoms with van der Waals surface area (Å²) in [5, 5.41) is 2.64. The predicted octanol–water partition coefficient (Wildman–Crippen LogP) is 6.07. The molecule has 0 atom stereocenters. The second-order valence-electron chi connectivity index (χ2n) is 5.56. The lowest BCUT2D eigenvalue weighted by atomic mass is 10.2. The van der Waals surface area contributed by atoms with Crippen LogP contribution in [0.3, 0.4) is 0 Å². The lowest BCUT2D eigenvalue weighted by Crippen LogP contribution is -2.03. The van der Waals surface area contributed by atoms with E-state index < -0.39 is 0 Å². The molecule has 0 bridgehead atoms. The molecule has 4 heteroatoms. The van der Waals surface area contributed by atoms with Gasteiger partial charge in [-0.25, -0.2) is 0 Å². The zero-order valence-electron chi connectivity index (χ0n) is 11.8. The maximum absolute atomic E-state index is 12.7. The topological polar surface area (TPSA) is 17.1 Å². The minimum Gasteiger partial charge on any atom is -0.288 e. The van der Waals surface area contributed by atoms with Crippen LogP contribution in [0.2, 0.25) is 10.0 Å². The number of fused-ring (bicyclic) bond motifs is 2. The zero-order valence-corrected chi connectivity index (χ0v) is 14.1. The van der Waals surface area contributed by atoms with Crippen LogP contribution in [0.4, 0.5) is 0 Å². The van der Waals surface area contributed by atoms with Gasteiger partial charge in [0.15, 0.2) is 9.40 Å². The van der Waals surface area contributed by atoms with E-state index in [4.69, 9.17) is 23.2 Å². The molecule has 21 heavy (non-hydrogen) atoms. The Balaban J connectivity index is 2.53. The van der Waals surface area contributed by atoms with Crippen LogP contribution < -0.4 is 5.43 Å². The Hall–Kier alpha value is -1.09. The highest BCUT2D eigenvalue weighted by atomic mass is 35.5. The summed E-state index contributed by atoms with van der Waals surface area (Å²) in [6, 6.07) is 11.3. The van der Waals surface area contributed by atoms with Gasteiger partial charge in [-0.1, -0.05) is 37.0 Å². The normalized spacial score (nSPS) is 11.7. The van der Waals surface area contributed by atoms with Crippen molar-refractivity contribution in [1.82, 2.24) is 0 Å². The van der Waals surface area contributed by atoms with Crippen LogP contribution in [0.5, 0.6) is 0 Å². The van der Waals surface area contributed by atoms with Crippen LogP contribution >= 0.6 is 33.7 Å². The molecule has 0 radical (unpaired) electrons. The van der Waals surface area contributed by atoms with Gasteiger partial charge in [0.25, 0.3) is 0 Å². The van der Waals surface area contributed by atoms with Crippen molar-refractivity contribution in [1.29, 1.82) is 0 Å². The molecule has 0 N–H and O–H groups in total. The van der Waals surface area contributed by atoms with E-state index in [-0.39, 0.29) is 15.9 Å². The summed E-state index contributed by atoms with van der Waals surface area (Å²) in [6.45, 7) is 4.41. The van der Waals surface area contributed by atoms with Gasteiger partial charge in [0, 0.05) is 28.1 Å². The molecule has 3 aromatic rings. The lowest BCUT2D eigenvalue weighted by molar-refractivity contribution is 0.702. The molecule has 0 saturated heterocycles. The minimum absolute atomic E-state index is 0.0255. The molecule has 0 aliphatic rings. The fourth-order valence-electron chi connectivity index (χ4n) is 2.57. The van der Waals surface area contributed by atoms with E-state index in [1.165, 1.54) is 0 Å². The molecular formula is C17H15Cl2OS+. The summed E-state index contributed by atoms with van der Waals surface area (Å²) >= 11 is 12.2. The van der Waals surface area contributed by atoms with Crippen LogP contribution in [-0.4, -0.2) is 0 Å². The number of hydrogen-bond acceptors (Lipinski definition) is 1. The molecule has 3 rings (SSSR count). The third kappa shape index (κ3) is 2.68. The van der Waals surface area contributed by atoms with E-state index in [2.05, 4.69) is 13.8 Å². The molecule has 1 aromatic heterocycles. The molecule has 0 spiro atoms. The average Bonchev–Trinajstić information content (AvgIpc) is 2.43. The van der Waals surface area contributed by atoms with Gasteiger partial charge < -0.3 is 0 Å². The molecule has 0 unspecified atom stereocenters. The molecule has 1 nitrogen and oxygen atoms in total. The van der Waals surface area contributed by atoms with Crippen molar-refractivity contribution in [2.24, 2.45) is 5.92 Å². The monoisotopic (exact) mass is 337 g/mol. The van der Waals surface area contributed by atoms with E-state index in [1.54, 1.807) is 12.1 Å². The summed E-state index contributed by atoms with van der Waals surface area (Å²) in [4.78, 5) is 12.7. The van der Waals surface area contributed by atoms with Crippen LogP contribution in [0.25, 0.3) is 20.2 Å². The minimum atomic E-state index is -0.100. The first-order chi connectivity index (χ1) is 9.97. The van der Waals surface area contributed by atoms with E-state index in [1.807, 2.05) is 24.3 Å². The van der Waals surface area contributed by atoms with Gasteiger partial charge in [0.05, 0.1) is 10.8 Å². The molecular weight excluding hydrogens is 323 g/mol. The Bertz CT molecular complexity index is 831. The Kier molecular flexibility index (Phi) is 3.96. The summed E-state index contributed by atoms with van der Waals surface area (Å²) in [5.41, 5.74) is 0.0255. The first-order valence-corrected chi connectivity index (χ1v) is 8.97. The second-order valence-corrected chi connectivity index (χ2v) is 8.43. The summed E-state index contributed by atoms with van der Waals surface area (Å²) in [7, 11) is -0.100. The van der Waals surface area contributed by atoms with E-state index in [9.17, 15) is 4.79 Å². The van der Waals surface area contributed by atoms with Crippen LogP contribution in [-0.2, 0) is 5.75 Å². The fraction of sp³-hybridized carbons (Fsp3) is 0.235. The molecule has 108 valence electrons. The van der Waals surface area contributed by atoms with E-state index in [0.29, 0.717) is 16.0 Å². The van der Waals surface area contributed by atoms with Crippen molar-refractivity contribution >= 4 is 53.8 Å². The average molecular weight is 338 g/mol. The molecule has 2 aromatic carbocycles. The molecule has 0 aliphatic carbocycles. The highest BCUT2D eigenvalue weighted by molar-refractivity contribution is 7.41. The van der Waals surface area contributed by atoms with Crippen molar-refractivity contribution in [3.63, 3.8) is 0 Å². The first kappa shape index (κ1) is 14.8. The van der Waals surface area contributed by atoms with Gasteiger partial charge in [0.2, 0.25) is 5.43 Å². The van der Waals surface area contributed by atoms with Crippen LogP contribution in [0, 0.1) is 5.92 Å². The fourth-order valence-corrected chi connectivity index (χ4v) is 5.47. The third-order valence-electron chi connectivity index (χ3n) is 3.40. The maximum atomic E-state index is 12.7. The van der Waals surface area contributed by atoms with Crippen LogP contribution in [0.15, 0.2) is 41.2 Å². The maximum Gasteiger partial charge on any atom is 0.204 e. The largest absolute Gasteiger partial charge is 0.288 e. The number of rotatable bonds is 2. The standard InChI is InChI=1S/C17H15Cl2OS/c1-10(2)9-21-15-5-3-11(18)7-13(15)17(20)14-8-12(19)4-6-16(14)21/h3-8,10H,9H2,1-2H3/q+1. The Morgan fingerprint density at radius 1 is 0.952 bits per heavy atom. The van der Waals surface area contributed by atoms with Gasteiger partial charge in [0.1, 0.15) is 5.75 Å². The van der Waals surface area contributed by atoms with Gasteiger partial charge in [-0.05, 0) is 34.7 Å². The SMILES string of the molecule is CC(C)C[s+]1c2ccc(Cl)cc2c(=O)c2cc(Cl)ccc21. The molecule has 1 heterocycles. The van der Waals surface area contributed by atoms with Crippen molar-refractivity contribution in [3.8, 4) is 0 Å². The van der Waals surface area contributed by atoms with E-state index in [0.717, 1.165) is 25.9 Å². The first-order valence-electron chi connectivity index (χ1n) is 6.82. The van der Waals surface area contributed by atoms with Gasteiger partial charge in [-0.3, -0.25) is 4.79 Å². The van der Waals surface area contributed by atoms with Gasteiger partial charge in [-0.15, -0.1) is 0 Å². The predicted molar refractivity (Wildman–Crippen MR) is 95.1 cm³/mol. The Morgan fingerprint density at radius 3 is 1.86 bits per heavy atom. The summed E-state index contributed by atoms with van der Waals surface area (Å²) in [5.74, 6) is 1.57. The lowest BCUT2D eigenvalue weighted by Gasteiger charge is -2.06. The van der Waals surface area contributed by atoms with Crippen molar-refractivity contribution in [3.05, 3.63) is 56.7 Å². The van der Waals surface area contributed by atoms with Gasteiger partial charge in [-0.2, -0.15) is 0 Å². The highest BCUT2D eigenvalue weighted by Crippen LogP contribution is 2.39. The second kappa shape index (κ2) is 5.60. The molecule has 0 aliphatic heterocycles. The van der Waals surface area contributed by atoms with Crippen molar-refractivity contribution in [2.45, 2.75) is 19.6 Å². The zero-order chi connectivity index (χ0) is 15.1. The summed E-state index contributed by atoms with van der Waals surface area (Å²) in [6.07, 6.45) is 0. The highest BCUT2D eigenvalue weighted by Gasteiger charge is 2.21. The molecule has 0 saturated carbocycles. The summed E-state index contributed by atoms with van der Waals surface area (Å²) < 4.78 is 2.21. The molecule has 0 fully saturated rings. The molecule has 0 amide bonds. The van der Waals surface area contributed by atoms with Gasteiger partial charge >= 0.3 is 0 Å².